The highest BCUT2D eigenvalue weighted by molar-refractivity contribution is 5.43. The molecule has 92 valence electrons. The first kappa shape index (κ1) is 15.5. The molecule has 0 saturated heterocycles. The number of nitrogens with zero attached hydrogens (tertiary/aromatic N) is 1. The highest BCUT2D eigenvalue weighted by Gasteiger charge is 2.31. The van der Waals surface area contributed by atoms with E-state index in [0.717, 1.165) is 4.48 Å². The lowest BCUT2D eigenvalue weighted by Crippen LogP contribution is -3.00. The SMILES string of the molecule is CCC(C)[N+](CC)(CC)c1ccccc1.[Cl-]. The van der Waals surface area contributed by atoms with Crippen LogP contribution in [-0.4, -0.2) is 19.1 Å². The molecular formula is C14H24ClN. The standard InChI is InChI=1S/C14H24N.ClH/c1-5-13(4)15(6-2,7-3)14-11-9-8-10-12-14;/h8-13H,5-7H2,1-4H3;1H/q+1;/p-1. The summed E-state index contributed by atoms with van der Waals surface area (Å²) >= 11 is 0. The number of halogens is 1. The van der Waals surface area contributed by atoms with Gasteiger partial charge in [0.25, 0.3) is 0 Å². The van der Waals surface area contributed by atoms with Crippen molar-refractivity contribution in [1.82, 2.24) is 4.48 Å². The summed E-state index contributed by atoms with van der Waals surface area (Å²) in [6.45, 7) is 11.6. The van der Waals surface area contributed by atoms with Gasteiger partial charge in [-0.1, -0.05) is 25.1 Å². The summed E-state index contributed by atoms with van der Waals surface area (Å²) in [4.78, 5) is 0. The first-order chi connectivity index (χ1) is 7.21. The van der Waals surface area contributed by atoms with Gasteiger partial charge in [0.15, 0.2) is 0 Å². The highest BCUT2D eigenvalue weighted by atomic mass is 35.5. The van der Waals surface area contributed by atoms with Gasteiger partial charge < -0.3 is 12.4 Å². The minimum Gasteiger partial charge on any atom is -1.00 e. The van der Waals surface area contributed by atoms with E-state index in [2.05, 4.69) is 58.0 Å². The van der Waals surface area contributed by atoms with E-state index in [9.17, 15) is 0 Å². The number of hydrogen-bond donors (Lipinski definition) is 0. The van der Waals surface area contributed by atoms with E-state index in [0.29, 0.717) is 6.04 Å². The molecule has 0 aliphatic carbocycles. The van der Waals surface area contributed by atoms with E-state index < -0.39 is 0 Å². The molecule has 0 N–H and O–H groups in total. The Morgan fingerprint density at radius 3 is 1.88 bits per heavy atom. The third-order valence-corrected chi connectivity index (χ3v) is 3.83. The Hall–Kier alpha value is -0.530. The molecule has 0 spiro atoms. The number of rotatable bonds is 5. The van der Waals surface area contributed by atoms with Crippen molar-refractivity contribution in [3.8, 4) is 0 Å². The molecule has 1 aromatic rings. The van der Waals surface area contributed by atoms with Crippen molar-refractivity contribution >= 4 is 5.69 Å². The van der Waals surface area contributed by atoms with Crippen LogP contribution < -0.4 is 16.9 Å². The van der Waals surface area contributed by atoms with Crippen LogP contribution in [0, 0.1) is 0 Å². The Balaban J connectivity index is 0.00000225. The average Bonchev–Trinajstić information content (AvgIpc) is 2.32. The Kier molecular flexibility index (Phi) is 6.70. The van der Waals surface area contributed by atoms with Crippen LogP contribution in [0.3, 0.4) is 0 Å². The van der Waals surface area contributed by atoms with Crippen LogP contribution in [-0.2, 0) is 0 Å². The normalized spacial score (nSPS) is 13.0. The second-order valence-corrected chi connectivity index (χ2v) is 4.26. The molecule has 0 aliphatic rings. The topological polar surface area (TPSA) is 0 Å². The van der Waals surface area contributed by atoms with Gasteiger partial charge in [0, 0.05) is 0 Å². The molecule has 0 bridgehead atoms. The first-order valence-corrected chi connectivity index (χ1v) is 6.13. The maximum atomic E-state index is 2.36. The summed E-state index contributed by atoms with van der Waals surface area (Å²) in [6.07, 6.45) is 1.23. The summed E-state index contributed by atoms with van der Waals surface area (Å²) in [5, 5.41) is 0. The van der Waals surface area contributed by atoms with Crippen molar-refractivity contribution < 1.29 is 12.4 Å². The van der Waals surface area contributed by atoms with Gasteiger partial charge in [-0.15, -0.1) is 0 Å². The van der Waals surface area contributed by atoms with E-state index >= 15 is 0 Å². The van der Waals surface area contributed by atoms with E-state index in [1.165, 1.54) is 25.2 Å². The van der Waals surface area contributed by atoms with Crippen LogP contribution in [0.25, 0.3) is 0 Å². The number of benzene rings is 1. The second kappa shape index (κ2) is 6.93. The molecule has 0 aliphatic heterocycles. The number of hydrogen-bond acceptors (Lipinski definition) is 0. The summed E-state index contributed by atoms with van der Waals surface area (Å²) in [5.41, 5.74) is 1.46. The maximum Gasteiger partial charge on any atom is 0.133 e. The summed E-state index contributed by atoms with van der Waals surface area (Å²) in [6, 6.07) is 11.6. The lowest BCUT2D eigenvalue weighted by molar-refractivity contribution is -0.00000335. The lowest BCUT2D eigenvalue weighted by Gasteiger charge is -2.41. The van der Waals surface area contributed by atoms with Crippen LogP contribution >= 0.6 is 0 Å². The quantitative estimate of drug-likeness (QED) is 0.671. The molecule has 0 saturated carbocycles. The van der Waals surface area contributed by atoms with Gasteiger partial charge in [-0.3, -0.25) is 4.48 Å². The maximum absolute atomic E-state index is 2.36. The van der Waals surface area contributed by atoms with Crippen molar-refractivity contribution in [2.24, 2.45) is 0 Å². The number of para-hydroxylation sites is 1. The minimum absolute atomic E-state index is 0. The van der Waals surface area contributed by atoms with Gasteiger partial charge in [-0.25, -0.2) is 0 Å². The summed E-state index contributed by atoms with van der Waals surface area (Å²) in [5.74, 6) is 0. The second-order valence-electron chi connectivity index (χ2n) is 4.26. The van der Waals surface area contributed by atoms with Gasteiger partial charge >= 0.3 is 0 Å². The fourth-order valence-electron chi connectivity index (χ4n) is 2.54. The van der Waals surface area contributed by atoms with Gasteiger partial charge in [0.05, 0.1) is 19.1 Å². The van der Waals surface area contributed by atoms with Gasteiger partial charge in [-0.2, -0.15) is 0 Å². The van der Waals surface area contributed by atoms with Crippen molar-refractivity contribution in [2.75, 3.05) is 13.1 Å². The number of quaternary nitrogens is 1. The third-order valence-electron chi connectivity index (χ3n) is 3.83. The largest absolute Gasteiger partial charge is 1.00 e. The van der Waals surface area contributed by atoms with Crippen molar-refractivity contribution in [1.29, 1.82) is 0 Å². The van der Waals surface area contributed by atoms with E-state index in [4.69, 9.17) is 0 Å². The minimum atomic E-state index is 0. The molecule has 0 amide bonds. The zero-order valence-corrected chi connectivity index (χ0v) is 11.7. The molecule has 0 radical (unpaired) electrons. The molecule has 0 aromatic heterocycles. The van der Waals surface area contributed by atoms with E-state index in [1.807, 2.05) is 0 Å². The van der Waals surface area contributed by atoms with Crippen LogP contribution in [0.5, 0.6) is 0 Å². The Morgan fingerprint density at radius 1 is 1.00 bits per heavy atom. The Bertz CT molecular complexity index is 280. The molecule has 1 aromatic carbocycles. The fourth-order valence-corrected chi connectivity index (χ4v) is 2.54. The first-order valence-electron chi connectivity index (χ1n) is 6.13. The van der Waals surface area contributed by atoms with E-state index in [1.54, 1.807) is 0 Å². The van der Waals surface area contributed by atoms with Crippen LogP contribution in [0.2, 0.25) is 0 Å². The van der Waals surface area contributed by atoms with Crippen LogP contribution in [0.4, 0.5) is 5.69 Å². The fraction of sp³-hybridized carbons (Fsp3) is 0.571. The van der Waals surface area contributed by atoms with Gasteiger partial charge in [0.1, 0.15) is 5.69 Å². The van der Waals surface area contributed by atoms with Gasteiger partial charge in [-0.05, 0) is 39.3 Å². The van der Waals surface area contributed by atoms with Crippen molar-refractivity contribution in [2.45, 2.75) is 40.2 Å². The Morgan fingerprint density at radius 2 is 1.50 bits per heavy atom. The zero-order valence-electron chi connectivity index (χ0n) is 10.9. The molecule has 1 atom stereocenters. The zero-order chi connectivity index (χ0) is 11.3. The van der Waals surface area contributed by atoms with E-state index in [-0.39, 0.29) is 12.4 Å². The monoisotopic (exact) mass is 241 g/mol. The highest BCUT2D eigenvalue weighted by Crippen LogP contribution is 2.27. The molecular weight excluding hydrogens is 218 g/mol. The van der Waals surface area contributed by atoms with Crippen molar-refractivity contribution in [3.05, 3.63) is 30.3 Å². The third kappa shape index (κ3) is 2.78. The Labute approximate surface area is 106 Å². The molecule has 0 fully saturated rings. The van der Waals surface area contributed by atoms with Crippen molar-refractivity contribution in [3.63, 3.8) is 0 Å². The van der Waals surface area contributed by atoms with Gasteiger partial charge in [0.2, 0.25) is 0 Å². The molecule has 2 heteroatoms. The molecule has 1 unspecified atom stereocenters. The average molecular weight is 242 g/mol. The molecule has 1 rings (SSSR count). The summed E-state index contributed by atoms with van der Waals surface area (Å²) in [7, 11) is 0. The lowest BCUT2D eigenvalue weighted by atomic mass is 10.1. The predicted octanol–water partition coefficient (Wildman–Crippen LogP) is 0.836. The molecule has 1 nitrogen and oxygen atoms in total. The van der Waals surface area contributed by atoms with Crippen LogP contribution in [0.15, 0.2) is 30.3 Å². The smallest absolute Gasteiger partial charge is 0.133 e. The summed E-state index contributed by atoms with van der Waals surface area (Å²) < 4.78 is 1.11. The molecule has 0 heterocycles. The van der Waals surface area contributed by atoms with Crippen LogP contribution in [0.1, 0.15) is 34.1 Å². The predicted molar refractivity (Wildman–Crippen MR) is 69.1 cm³/mol. The molecule has 16 heavy (non-hydrogen) atoms.